The van der Waals surface area contributed by atoms with Gasteiger partial charge in [-0.25, -0.2) is 0 Å². The molecule has 6 aromatic carbocycles. The van der Waals surface area contributed by atoms with Gasteiger partial charge in [-0.1, -0.05) is 123 Å². The first-order chi connectivity index (χ1) is 21.6. The molecule has 0 atom stereocenters. The molecule has 0 bridgehead atoms. The van der Waals surface area contributed by atoms with Crippen LogP contribution in [0.25, 0.3) is 66.5 Å². The molecule has 10 rings (SSSR count). The number of hydrogen-bond acceptors (Lipinski definition) is 1. The quantitative estimate of drug-likeness (QED) is 0.198. The highest BCUT2D eigenvalue weighted by atomic mass is 32.2. The second kappa shape index (κ2) is 8.56. The van der Waals surface area contributed by atoms with Gasteiger partial charge in [-0.15, -0.1) is 0 Å². The van der Waals surface area contributed by atoms with Crippen molar-refractivity contribution in [2.45, 2.75) is 29.1 Å². The average molecular weight is 581 g/mol. The zero-order chi connectivity index (χ0) is 29.2. The van der Waals surface area contributed by atoms with Crippen molar-refractivity contribution < 1.29 is 0 Å². The molecule has 2 aliphatic rings. The van der Waals surface area contributed by atoms with Gasteiger partial charge in [0.05, 0.1) is 16.7 Å². The Bertz CT molecular complexity index is 2490. The number of rotatable bonds is 2. The molecule has 0 radical (unpaired) electrons. The van der Waals surface area contributed by atoms with Gasteiger partial charge in [-0.2, -0.15) is 0 Å². The summed E-state index contributed by atoms with van der Waals surface area (Å²) in [4.78, 5) is 2.61. The highest BCUT2D eigenvalue weighted by Gasteiger charge is 2.36. The number of benzene rings is 6. The predicted molar refractivity (Wildman–Crippen MR) is 185 cm³/mol. The van der Waals surface area contributed by atoms with E-state index in [2.05, 4.69) is 156 Å². The van der Waals surface area contributed by atoms with Crippen molar-refractivity contribution >= 4 is 44.6 Å². The third-order valence-corrected chi connectivity index (χ3v) is 11.1. The van der Waals surface area contributed by atoms with Crippen molar-refractivity contribution in [1.29, 1.82) is 0 Å². The molecule has 1 aliphatic carbocycles. The van der Waals surface area contributed by atoms with Crippen molar-refractivity contribution in [1.82, 2.24) is 9.13 Å². The lowest BCUT2D eigenvalue weighted by molar-refractivity contribution is 0.660. The summed E-state index contributed by atoms with van der Waals surface area (Å²) in [6.07, 6.45) is 0. The van der Waals surface area contributed by atoms with E-state index in [0.717, 1.165) is 0 Å². The van der Waals surface area contributed by atoms with E-state index in [1.807, 2.05) is 11.8 Å². The average Bonchev–Trinajstić information content (AvgIpc) is 3.66. The SMILES string of the molecule is CC1(C)c2ccccc2-c2ccc(-c3cccc4c3Sc3cccc5c6c7ccccc7n(-c7ccccc7)c6n-4c35)cc21. The molecule has 0 amide bonds. The van der Waals surface area contributed by atoms with E-state index < -0.39 is 0 Å². The van der Waals surface area contributed by atoms with Crippen LogP contribution in [0.1, 0.15) is 25.0 Å². The number of aromatic nitrogens is 2. The summed E-state index contributed by atoms with van der Waals surface area (Å²) in [6.45, 7) is 4.73. The van der Waals surface area contributed by atoms with Crippen LogP contribution in [0.5, 0.6) is 0 Å². The topological polar surface area (TPSA) is 9.86 Å². The molecule has 0 saturated carbocycles. The van der Waals surface area contributed by atoms with Crippen molar-refractivity contribution in [2.24, 2.45) is 0 Å². The molecule has 44 heavy (non-hydrogen) atoms. The number of hydrogen-bond donors (Lipinski definition) is 0. The van der Waals surface area contributed by atoms with Crippen LogP contribution in [0.2, 0.25) is 0 Å². The number of nitrogens with zero attached hydrogens (tertiary/aromatic N) is 2. The Morgan fingerprint density at radius 1 is 0.568 bits per heavy atom. The standard InChI is InChI=1S/C41H28N2S/c1-41(2)32-18-8-6-14-28(32)29-23-22-25(24-33(29)41)27-16-10-20-35-39(27)44-36-21-11-17-31-37-30-15-7-9-19-34(30)42(26-12-4-3-5-13-26)40(37)43(35)38(31)36/h3-24H,1-2H3. The van der Waals surface area contributed by atoms with Gasteiger partial charge >= 0.3 is 0 Å². The van der Waals surface area contributed by atoms with Crippen LogP contribution < -0.4 is 0 Å². The molecule has 2 aromatic heterocycles. The summed E-state index contributed by atoms with van der Waals surface area (Å²) >= 11 is 1.91. The van der Waals surface area contributed by atoms with Gasteiger partial charge in [-0.3, -0.25) is 9.13 Å². The van der Waals surface area contributed by atoms with Crippen LogP contribution in [0.3, 0.4) is 0 Å². The summed E-state index contributed by atoms with van der Waals surface area (Å²) in [5.41, 5.74) is 14.2. The van der Waals surface area contributed by atoms with E-state index >= 15 is 0 Å². The highest BCUT2D eigenvalue weighted by Crippen LogP contribution is 2.53. The molecular weight excluding hydrogens is 553 g/mol. The van der Waals surface area contributed by atoms with Crippen LogP contribution in [0, 0.1) is 0 Å². The molecule has 0 spiro atoms. The molecule has 208 valence electrons. The third kappa shape index (κ3) is 3.02. The normalized spacial score (nSPS) is 14.2. The van der Waals surface area contributed by atoms with Gasteiger partial charge in [0.15, 0.2) is 0 Å². The van der Waals surface area contributed by atoms with Crippen molar-refractivity contribution in [2.75, 3.05) is 0 Å². The largest absolute Gasteiger partial charge is 0.295 e. The Hall–Kier alpha value is -4.99. The van der Waals surface area contributed by atoms with E-state index in [-0.39, 0.29) is 5.41 Å². The van der Waals surface area contributed by atoms with E-state index in [1.165, 1.54) is 87.4 Å². The van der Waals surface area contributed by atoms with Crippen LogP contribution >= 0.6 is 11.8 Å². The molecule has 1 aliphatic heterocycles. The van der Waals surface area contributed by atoms with E-state index in [4.69, 9.17) is 0 Å². The fourth-order valence-electron chi connectivity index (χ4n) is 7.94. The predicted octanol–water partition coefficient (Wildman–Crippen LogP) is 11.2. The van der Waals surface area contributed by atoms with Crippen LogP contribution in [-0.2, 0) is 5.41 Å². The second-order valence-electron chi connectivity index (χ2n) is 12.6. The molecule has 0 unspecified atom stereocenters. The minimum absolute atomic E-state index is 0.0358. The van der Waals surface area contributed by atoms with Gasteiger partial charge in [0, 0.05) is 37.1 Å². The van der Waals surface area contributed by atoms with Crippen LogP contribution in [-0.4, -0.2) is 9.13 Å². The van der Waals surface area contributed by atoms with Gasteiger partial charge in [0.1, 0.15) is 5.65 Å². The Morgan fingerprint density at radius 2 is 1.30 bits per heavy atom. The zero-order valence-corrected chi connectivity index (χ0v) is 25.3. The number of fused-ring (bicyclic) bond motifs is 10. The van der Waals surface area contributed by atoms with Gasteiger partial charge in [0.2, 0.25) is 0 Å². The Morgan fingerprint density at radius 3 is 2.20 bits per heavy atom. The maximum Gasteiger partial charge on any atom is 0.131 e. The Kier molecular flexibility index (Phi) is 4.75. The number of para-hydroxylation sites is 3. The summed E-state index contributed by atoms with van der Waals surface area (Å²) < 4.78 is 4.99. The fourth-order valence-corrected chi connectivity index (χ4v) is 9.16. The van der Waals surface area contributed by atoms with E-state index in [1.54, 1.807) is 0 Å². The van der Waals surface area contributed by atoms with Gasteiger partial charge < -0.3 is 0 Å². The summed E-state index contributed by atoms with van der Waals surface area (Å²) in [5, 5.41) is 3.92. The van der Waals surface area contributed by atoms with Crippen LogP contribution in [0.4, 0.5) is 0 Å². The van der Waals surface area contributed by atoms with Crippen molar-refractivity contribution in [3.63, 3.8) is 0 Å². The molecule has 2 nitrogen and oxygen atoms in total. The van der Waals surface area contributed by atoms with Crippen LogP contribution in [0.15, 0.2) is 143 Å². The first-order valence-electron chi connectivity index (χ1n) is 15.3. The molecular formula is C41H28N2S. The van der Waals surface area contributed by atoms with E-state index in [9.17, 15) is 0 Å². The van der Waals surface area contributed by atoms with Gasteiger partial charge in [-0.05, 0) is 69.8 Å². The molecule has 0 saturated heterocycles. The Balaban J connectivity index is 1.28. The second-order valence-corrected chi connectivity index (χ2v) is 13.6. The lowest BCUT2D eigenvalue weighted by Crippen LogP contribution is -2.15. The zero-order valence-electron chi connectivity index (χ0n) is 24.5. The minimum atomic E-state index is -0.0358. The lowest BCUT2D eigenvalue weighted by Gasteiger charge is -2.25. The first kappa shape index (κ1) is 24.5. The minimum Gasteiger partial charge on any atom is -0.295 e. The smallest absolute Gasteiger partial charge is 0.131 e. The lowest BCUT2D eigenvalue weighted by atomic mass is 9.81. The molecule has 0 N–H and O–H groups in total. The molecule has 3 heterocycles. The monoisotopic (exact) mass is 580 g/mol. The van der Waals surface area contributed by atoms with E-state index in [0.29, 0.717) is 0 Å². The van der Waals surface area contributed by atoms with Crippen molar-refractivity contribution in [3.8, 4) is 33.6 Å². The summed E-state index contributed by atoms with van der Waals surface area (Å²) in [6, 6.07) is 49.3. The van der Waals surface area contributed by atoms with Gasteiger partial charge in [0.25, 0.3) is 0 Å². The highest BCUT2D eigenvalue weighted by molar-refractivity contribution is 8.00. The Labute approximate surface area is 260 Å². The molecule has 3 heteroatoms. The first-order valence-corrected chi connectivity index (χ1v) is 16.1. The summed E-state index contributed by atoms with van der Waals surface area (Å²) in [5.74, 6) is 0. The summed E-state index contributed by atoms with van der Waals surface area (Å²) in [7, 11) is 0. The fraction of sp³-hybridized carbons (Fsp3) is 0.0732. The maximum absolute atomic E-state index is 2.54. The molecule has 8 aromatic rings. The molecule has 0 fully saturated rings. The maximum atomic E-state index is 2.54. The third-order valence-electron chi connectivity index (χ3n) is 9.91. The van der Waals surface area contributed by atoms with Crippen molar-refractivity contribution in [3.05, 3.63) is 145 Å².